The van der Waals surface area contributed by atoms with Crippen LogP contribution in [0.25, 0.3) is 31.2 Å². The van der Waals surface area contributed by atoms with Crippen molar-refractivity contribution in [2.24, 2.45) is 27.2 Å². The van der Waals surface area contributed by atoms with Crippen LogP contribution in [-0.4, -0.2) is 73.5 Å². The second-order valence-electron chi connectivity index (χ2n) is 16.8. The van der Waals surface area contributed by atoms with Crippen molar-refractivity contribution < 1.29 is 19.4 Å². The van der Waals surface area contributed by atoms with Crippen molar-refractivity contribution in [2.75, 3.05) is 23.8 Å². The van der Waals surface area contributed by atoms with Gasteiger partial charge in [-0.05, 0) is 144 Å². The van der Waals surface area contributed by atoms with Gasteiger partial charge < -0.3 is 42.7 Å². The molecule has 1 unspecified atom stereocenters. The number of ketones is 1. The number of carbonyl (C=O) groups is 2. The van der Waals surface area contributed by atoms with E-state index in [4.69, 9.17) is 38.6 Å². The highest BCUT2D eigenvalue weighted by Gasteiger charge is 2.12. The number of hydrogen-bond donors (Lipinski definition) is 7. The summed E-state index contributed by atoms with van der Waals surface area (Å²) in [6, 6.07) is 31.7. The van der Waals surface area contributed by atoms with Crippen LogP contribution < -0.4 is 27.8 Å². The number of aromatic nitrogens is 5. The van der Waals surface area contributed by atoms with Crippen LogP contribution in [0.3, 0.4) is 0 Å². The number of nitrogens with zero attached hydrogens (tertiary/aromatic N) is 6. The van der Waals surface area contributed by atoms with Gasteiger partial charge >= 0.3 is 5.97 Å². The number of fused-ring (bicyclic) bond motifs is 5. The molecule has 12 rings (SSSR count). The van der Waals surface area contributed by atoms with Crippen molar-refractivity contribution in [1.29, 1.82) is 0 Å². The van der Waals surface area contributed by atoms with E-state index < -0.39 is 5.97 Å². The molecule has 0 saturated carbocycles. The topological polar surface area (TPSA) is 258 Å². The molecule has 3 aliphatic heterocycles. The third-order valence-electron chi connectivity index (χ3n) is 11.0. The van der Waals surface area contributed by atoms with Gasteiger partial charge in [0, 0.05) is 86.0 Å². The van der Waals surface area contributed by atoms with Gasteiger partial charge in [0.1, 0.15) is 16.5 Å². The quantitative estimate of drug-likeness (QED) is 0.0446. The van der Waals surface area contributed by atoms with Crippen molar-refractivity contribution in [2.45, 2.75) is 46.3 Å². The molecule has 0 bridgehead atoms. The molecular weight excluding hydrogens is 1150 g/mol. The number of ether oxygens (including phenoxy) is 1. The SMILES string of the molecule is C/C=C\C(N)=C/N.CC(=O)c1cc2ccc(Br)cc2[nH]1.Cc1nc(Nc2ccc3c(c2)C=NC3)c2sccc2n1.Clc1nccc(Nc2ccc3c(c2)C=NC3)n1.NC1CCOC1.O=C(O)c1cc2ccc(Br)cc2s1. The molecule has 0 aliphatic carbocycles. The highest BCUT2D eigenvalue weighted by Crippen LogP contribution is 2.31. The normalized spacial score (nSPS) is 13.7. The Morgan fingerprint density at radius 2 is 1.55 bits per heavy atom. The maximum absolute atomic E-state index is 11.1. The Bertz CT molecular complexity index is 3520. The van der Waals surface area contributed by atoms with Crippen molar-refractivity contribution >= 4 is 145 Å². The van der Waals surface area contributed by atoms with E-state index in [1.54, 1.807) is 42.7 Å². The number of aromatic amines is 1. The second-order valence-corrected chi connectivity index (χ2v) is 21.0. The van der Waals surface area contributed by atoms with Gasteiger partial charge in [-0.2, -0.15) is 0 Å². The average Bonchev–Trinajstić information content (AvgIpc) is 4.27. The number of allylic oxidation sites excluding steroid dienone is 2. The molecule has 76 heavy (non-hydrogen) atoms. The van der Waals surface area contributed by atoms with Gasteiger partial charge in [-0.25, -0.2) is 24.7 Å². The molecule has 10 N–H and O–H groups in total. The number of aryl methyl sites for hydroxylation is 1. The Labute approximate surface area is 468 Å². The van der Waals surface area contributed by atoms with E-state index in [1.807, 2.05) is 98.4 Å². The Morgan fingerprint density at radius 3 is 2.14 bits per heavy atom. The van der Waals surface area contributed by atoms with Gasteiger partial charge in [-0.1, -0.05) is 62.2 Å². The van der Waals surface area contributed by atoms with Crippen LogP contribution in [0.15, 0.2) is 152 Å². The second kappa shape index (κ2) is 27.6. The Balaban J connectivity index is 0.000000138. The van der Waals surface area contributed by atoms with Crippen LogP contribution in [0.2, 0.25) is 5.28 Å². The summed E-state index contributed by atoms with van der Waals surface area (Å²) >= 11 is 15.4. The summed E-state index contributed by atoms with van der Waals surface area (Å²) in [7, 11) is 0. The number of nitrogens with two attached hydrogens (primary N) is 3. The first kappa shape index (κ1) is 56.6. The van der Waals surface area contributed by atoms with Gasteiger partial charge in [0.2, 0.25) is 5.28 Å². The summed E-state index contributed by atoms with van der Waals surface area (Å²) < 4.78 is 8.99. The molecule has 8 heterocycles. The number of hydrogen-bond acceptors (Lipinski definition) is 16. The van der Waals surface area contributed by atoms with E-state index in [-0.39, 0.29) is 11.1 Å². The predicted molar refractivity (Wildman–Crippen MR) is 318 cm³/mol. The molecular formula is C55H53Br2ClN12O4S2. The lowest BCUT2D eigenvalue weighted by molar-refractivity contribution is 0.0702. The molecule has 5 aromatic heterocycles. The zero-order valence-corrected chi connectivity index (χ0v) is 47.0. The number of carbonyl (C=O) groups excluding carboxylic acids is 1. The molecule has 390 valence electrons. The zero-order chi connectivity index (χ0) is 54.1. The number of nitrogens with one attached hydrogen (secondary N) is 3. The first-order valence-electron chi connectivity index (χ1n) is 23.5. The summed E-state index contributed by atoms with van der Waals surface area (Å²) in [4.78, 5) is 50.5. The molecule has 4 aromatic carbocycles. The molecule has 9 aromatic rings. The number of carboxylic acid groups (broad SMARTS) is 1. The van der Waals surface area contributed by atoms with Crippen molar-refractivity contribution in [1.82, 2.24) is 24.9 Å². The molecule has 16 nitrogen and oxygen atoms in total. The fourth-order valence-electron chi connectivity index (χ4n) is 7.31. The first-order valence-corrected chi connectivity index (χ1v) is 27.2. The first-order chi connectivity index (χ1) is 36.6. The minimum Gasteiger partial charge on any atom is -0.477 e. The lowest BCUT2D eigenvalue weighted by Gasteiger charge is -2.08. The van der Waals surface area contributed by atoms with Crippen LogP contribution >= 0.6 is 66.1 Å². The summed E-state index contributed by atoms with van der Waals surface area (Å²) in [5.74, 6) is 1.53. The average molecular weight is 1210 g/mol. The molecule has 1 fully saturated rings. The number of carboxylic acids is 1. The number of Topliss-reactive ketones (excluding diaryl/α,β-unsaturated/α-hetero) is 1. The van der Waals surface area contributed by atoms with E-state index in [2.05, 4.69) is 102 Å². The third-order valence-corrected chi connectivity index (χ3v) is 14.2. The van der Waals surface area contributed by atoms with Crippen LogP contribution in [0.5, 0.6) is 0 Å². The summed E-state index contributed by atoms with van der Waals surface area (Å²) in [5.41, 5.74) is 25.8. The van der Waals surface area contributed by atoms with E-state index >= 15 is 0 Å². The number of rotatable bonds is 7. The lowest BCUT2D eigenvalue weighted by atomic mass is 10.1. The monoisotopic (exact) mass is 1200 g/mol. The minimum absolute atomic E-state index is 0.0623. The Morgan fingerprint density at radius 1 is 0.868 bits per heavy atom. The summed E-state index contributed by atoms with van der Waals surface area (Å²) in [6.07, 6.45) is 11.4. The Kier molecular flexibility index (Phi) is 20.5. The number of anilines is 4. The third kappa shape index (κ3) is 16.4. The van der Waals surface area contributed by atoms with Crippen LogP contribution in [0.1, 0.15) is 68.5 Å². The van der Waals surface area contributed by atoms with Gasteiger partial charge in [-0.15, -0.1) is 22.7 Å². The molecule has 3 aliphatic rings. The summed E-state index contributed by atoms with van der Waals surface area (Å²) in [5, 5.41) is 19.6. The van der Waals surface area contributed by atoms with E-state index in [1.165, 1.54) is 34.2 Å². The van der Waals surface area contributed by atoms with Crippen molar-refractivity contribution in [3.05, 3.63) is 186 Å². The standard InChI is InChI=1S/C15H12N4S.C12H9ClN4.C10H8BrNO.C9H5BrO2S.C5H10N2.C4H9NO/c1-9-17-13-4-5-20-14(13)15(18-9)19-12-3-2-10-7-16-8-11(10)6-12;13-12-15-4-3-11(17-12)16-10-2-1-8-6-14-7-9(8)5-10;1-6(13)9-4-7-2-3-8(11)5-10(7)12-9;10-6-2-1-5-3-8(9(11)12)13-7(5)4-6;1-2-3-5(7)4-6;5-4-1-2-6-3-4/h2-6,8H,7H2,1H3,(H,17,18,19);1-5,7H,6H2,(H,15,16,17);2-5,12H,1H3;1-4H,(H,11,12);2-4H,6-7H2,1H3;4H,1-3,5H2/b;;;;3-2-,5-4+;. The van der Waals surface area contributed by atoms with E-state index in [9.17, 15) is 9.59 Å². The van der Waals surface area contributed by atoms with Crippen LogP contribution in [-0.2, 0) is 17.8 Å². The maximum atomic E-state index is 11.1. The highest BCUT2D eigenvalue weighted by atomic mass is 79.9. The van der Waals surface area contributed by atoms with Gasteiger partial charge in [0.15, 0.2) is 11.6 Å². The number of H-pyrrole nitrogens is 1. The molecule has 0 amide bonds. The number of aliphatic imine (C=N–C) groups is 2. The number of benzene rings is 4. The summed E-state index contributed by atoms with van der Waals surface area (Å²) in [6.45, 7) is 8.54. The van der Waals surface area contributed by atoms with Gasteiger partial charge in [-0.3, -0.25) is 14.8 Å². The maximum Gasteiger partial charge on any atom is 0.345 e. The van der Waals surface area contributed by atoms with E-state index in [0.29, 0.717) is 28.1 Å². The Hall–Kier alpha value is -7.17. The van der Waals surface area contributed by atoms with E-state index in [0.717, 1.165) is 101 Å². The predicted octanol–water partition coefficient (Wildman–Crippen LogP) is 13.0. The van der Waals surface area contributed by atoms with Crippen LogP contribution in [0.4, 0.5) is 23.0 Å². The number of thiophene rings is 2. The number of halogens is 3. The molecule has 0 radical (unpaired) electrons. The van der Waals surface area contributed by atoms with Gasteiger partial charge in [0.05, 0.1) is 35.6 Å². The van der Waals surface area contributed by atoms with Crippen LogP contribution in [0, 0.1) is 6.92 Å². The number of aromatic carboxylic acids is 1. The smallest absolute Gasteiger partial charge is 0.345 e. The lowest BCUT2D eigenvalue weighted by Crippen LogP contribution is -2.18. The zero-order valence-electron chi connectivity index (χ0n) is 41.4. The highest BCUT2D eigenvalue weighted by molar-refractivity contribution is 9.10. The molecule has 1 saturated heterocycles. The molecule has 0 spiro atoms. The minimum atomic E-state index is -0.864. The van der Waals surface area contributed by atoms with Crippen molar-refractivity contribution in [3.8, 4) is 0 Å². The fraction of sp³-hybridized carbons (Fsp3) is 0.164. The molecule has 21 heteroatoms. The largest absolute Gasteiger partial charge is 0.477 e. The van der Waals surface area contributed by atoms with Gasteiger partial charge in [0.25, 0.3) is 0 Å². The van der Waals surface area contributed by atoms with Crippen molar-refractivity contribution in [3.63, 3.8) is 0 Å². The fourth-order valence-corrected chi connectivity index (χ4v) is 10.0. The molecule has 1 atom stereocenters.